The van der Waals surface area contributed by atoms with Gasteiger partial charge in [0.1, 0.15) is 5.75 Å². The van der Waals surface area contributed by atoms with Crippen LogP contribution in [-0.2, 0) is 16.0 Å². The van der Waals surface area contributed by atoms with Gasteiger partial charge in [-0.2, -0.15) is 0 Å². The Balaban J connectivity index is 1.73. The number of amides is 2. The van der Waals surface area contributed by atoms with Crippen LogP contribution in [0.4, 0.5) is 0 Å². The summed E-state index contributed by atoms with van der Waals surface area (Å²) >= 11 is 0. The number of hydrogen-bond acceptors (Lipinski definition) is 4. The second-order valence-corrected chi connectivity index (χ2v) is 5.96. The molecular weight excluding hydrogens is 306 g/mol. The highest BCUT2D eigenvalue weighted by Gasteiger charge is 2.39. The Morgan fingerprint density at radius 2 is 2.21 bits per heavy atom. The first-order valence-corrected chi connectivity index (χ1v) is 7.77. The molecule has 2 heterocycles. The van der Waals surface area contributed by atoms with Crippen molar-refractivity contribution >= 4 is 11.8 Å². The monoisotopic (exact) mass is 325 g/mol. The van der Waals surface area contributed by atoms with Gasteiger partial charge in [0.25, 0.3) is 0 Å². The van der Waals surface area contributed by atoms with Crippen molar-refractivity contribution in [2.75, 3.05) is 7.05 Å². The van der Waals surface area contributed by atoms with E-state index in [-0.39, 0.29) is 42.5 Å². The van der Waals surface area contributed by atoms with Crippen molar-refractivity contribution in [3.05, 3.63) is 59.9 Å². The Morgan fingerprint density at radius 3 is 2.92 bits per heavy atom. The molecule has 124 valence electrons. The van der Waals surface area contributed by atoms with Crippen molar-refractivity contribution in [1.29, 1.82) is 0 Å². The van der Waals surface area contributed by atoms with Crippen LogP contribution in [0.15, 0.2) is 48.8 Å². The average Bonchev–Trinajstić information content (AvgIpc) is 2.82. The molecule has 0 saturated carbocycles. The minimum Gasteiger partial charge on any atom is -0.508 e. The summed E-state index contributed by atoms with van der Waals surface area (Å²) in [5.41, 5.74) is 1.62. The summed E-state index contributed by atoms with van der Waals surface area (Å²) in [5, 5.41) is 12.4. The number of carbonyl (C=O) groups excluding carboxylic acids is 2. The van der Waals surface area contributed by atoms with E-state index in [2.05, 4.69) is 10.3 Å². The van der Waals surface area contributed by atoms with Crippen molar-refractivity contribution in [2.45, 2.75) is 24.9 Å². The fourth-order valence-corrected chi connectivity index (χ4v) is 3.12. The standard InChI is InChI=1S/C18H19N3O3/c1-21-17(24)10-15(18(21)13-5-3-7-19-11-13)20-16(23)9-12-4-2-6-14(22)8-12/h2-8,11,15,18,22H,9-10H2,1H3,(H,20,23)/t15-,18+/m0/s1. The van der Waals surface area contributed by atoms with Gasteiger partial charge in [0, 0.05) is 25.9 Å². The molecule has 1 aromatic heterocycles. The van der Waals surface area contributed by atoms with Crippen LogP contribution in [0.1, 0.15) is 23.6 Å². The van der Waals surface area contributed by atoms with E-state index < -0.39 is 0 Å². The zero-order valence-corrected chi connectivity index (χ0v) is 13.3. The number of aromatic nitrogens is 1. The molecule has 0 spiro atoms. The third-order valence-electron chi connectivity index (χ3n) is 4.23. The van der Waals surface area contributed by atoms with E-state index >= 15 is 0 Å². The Labute approximate surface area is 140 Å². The summed E-state index contributed by atoms with van der Waals surface area (Å²) < 4.78 is 0. The van der Waals surface area contributed by atoms with Crippen LogP contribution in [0.5, 0.6) is 5.75 Å². The van der Waals surface area contributed by atoms with Gasteiger partial charge in [0.05, 0.1) is 18.5 Å². The van der Waals surface area contributed by atoms with E-state index in [1.807, 2.05) is 12.1 Å². The van der Waals surface area contributed by atoms with E-state index in [1.165, 1.54) is 0 Å². The van der Waals surface area contributed by atoms with Gasteiger partial charge >= 0.3 is 0 Å². The fraction of sp³-hybridized carbons (Fsp3) is 0.278. The van der Waals surface area contributed by atoms with Gasteiger partial charge in [0.15, 0.2) is 0 Å². The van der Waals surface area contributed by atoms with E-state index in [0.717, 1.165) is 11.1 Å². The van der Waals surface area contributed by atoms with Crippen LogP contribution < -0.4 is 5.32 Å². The van der Waals surface area contributed by atoms with Crippen molar-refractivity contribution in [3.63, 3.8) is 0 Å². The second kappa shape index (κ2) is 6.70. The summed E-state index contributed by atoms with van der Waals surface area (Å²) in [6.07, 6.45) is 3.81. The number of aromatic hydroxyl groups is 1. The Bertz CT molecular complexity index is 748. The fourth-order valence-electron chi connectivity index (χ4n) is 3.12. The summed E-state index contributed by atoms with van der Waals surface area (Å²) in [6, 6.07) is 9.80. The topological polar surface area (TPSA) is 82.5 Å². The SMILES string of the molecule is CN1C(=O)C[C@H](NC(=O)Cc2cccc(O)c2)[C@H]1c1cccnc1. The zero-order valence-electron chi connectivity index (χ0n) is 13.3. The number of phenolic OH excluding ortho intramolecular Hbond substituents is 1. The number of likely N-dealkylation sites (tertiary alicyclic amines) is 1. The molecule has 0 unspecified atom stereocenters. The van der Waals surface area contributed by atoms with Gasteiger partial charge in [0.2, 0.25) is 11.8 Å². The van der Waals surface area contributed by atoms with Gasteiger partial charge in [-0.25, -0.2) is 0 Å². The molecule has 2 amide bonds. The second-order valence-electron chi connectivity index (χ2n) is 5.96. The molecule has 6 nitrogen and oxygen atoms in total. The Hall–Kier alpha value is -2.89. The molecule has 1 aliphatic rings. The predicted molar refractivity (Wildman–Crippen MR) is 88.1 cm³/mol. The smallest absolute Gasteiger partial charge is 0.225 e. The number of carbonyl (C=O) groups is 2. The van der Waals surface area contributed by atoms with Crippen molar-refractivity contribution in [3.8, 4) is 5.75 Å². The van der Waals surface area contributed by atoms with E-state index in [0.29, 0.717) is 0 Å². The van der Waals surface area contributed by atoms with Gasteiger partial charge in [-0.05, 0) is 29.3 Å². The maximum absolute atomic E-state index is 12.3. The highest BCUT2D eigenvalue weighted by molar-refractivity contribution is 5.83. The summed E-state index contributed by atoms with van der Waals surface area (Å²) in [4.78, 5) is 30.2. The van der Waals surface area contributed by atoms with Crippen molar-refractivity contribution < 1.29 is 14.7 Å². The number of pyridine rings is 1. The Morgan fingerprint density at radius 1 is 1.38 bits per heavy atom. The zero-order chi connectivity index (χ0) is 17.1. The first kappa shape index (κ1) is 16.0. The van der Waals surface area contributed by atoms with Gasteiger partial charge < -0.3 is 15.3 Å². The lowest BCUT2D eigenvalue weighted by molar-refractivity contribution is -0.127. The van der Waals surface area contributed by atoms with Crippen LogP contribution in [0.3, 0.4) is 0 Å². The molecular formula is C18H19N3O3. The number of nitrogens with zero attached hydrogens (tertiary/aromatic N) is 2. The summed E-state index contributed by atoms with van der Waals surface area (Å²) in [6.45, 7) is 0. The number of nitrogens with one attached hydrogen (secondary N) is 1. The van der Waals surface area contributed by atoms with Crippen molar-refractivity contribution in [1.82, 2.24) is 15.2 Å². The maximum Gasteiger partial charge on any atom is 0.225 e. The first-order valence-electron chi connectivity index (χ1n) is 7.77. The van der Waals surface area contributed by atoms with Gasteiger partial charge in [-0.3, -0.25) is 14.6 Å². The molecule has 0 aliphatic carbocycles. The molecule has 1 aromatic carbocycles. The Kier molecular flexibility index (Phi) is 4.46. The molecule has 1 saturated heterocycles. The highest BCUT2D eigenvalue weighted by atomic mass is 16.3. The van der Waals surface area contributed by atoms with E-state index in [9.17, 15) is 14.7 Å². The van der Waals surface area contributed by atoms with E-state index in [1.54, 1.807) is 48.6 Å². The lowest BCUT2D eigenvalue weighted by Crippen LogP contribution is -2.39. The summed E-state index contributed by atoms with van der Waals surface area (Å²) in [5.74, 6) is -0.0570. The number of likely N-dealkylation sites (N-methyl/N-ethyl adjacent to an activating group) is 1. The lowest BCUT2D eigenvalue weighted by atomic mass is 10.0. The van der Waals surface area contributed by atoms with Crippen LogP contribution >= 0.6 is 0 Å². The molecule has 0 radical (unpaired) electrons. The third-order valence-corrected chi connectivity index (χ3v) is 4.23. The molecule has 2 atom stereocenters. The molecule has 2 N–H and O–H groups in total. The average molecular weight is 325 g/mol. The molecule has 2 aromatic rings. The van der Waals surface area contributed by atoms with Crippen LogP contribution in [-0.4, -0.2) is 39.9 Å². The normalized spacial score (nSPS) is 20.2. The minimum absolute atomic E-state index is 0.00786. The summed E-state index contributed by atoms with van der Waals surface area (Å²) in [7, 11) is 1.74. The molecule has 0 bridgehead atoms. The van der Waals surface area contributed by atoms with Crippen LogP contribution in [0, 0.1) is 0 Å². The quantitative estimate of drug-likeness (QED) is 0.890. The third kappa shape index (κ3) is 3.37. The number of hydrogen-bond donors (Lipinski definition) is 2. The highest BCUT2D eigenvalue weighted by Crippen LogP contribution is 2.31. The van der Waals surface area contributed by atoms with Gasteiger partial charge in [-0.15, -0.1) is 0 Å². The number of phenols is 1. The van der Waals surface area contributed by atoms with Crippen molar-refractivity contribution in [2.24, 2.45) is 0 Å². The van der Waals surface area contributed by atoms with Gasteiger partial charge in [-0.1, -0.05) is 18.2 Å². The predicted octanol–water partition coefficient (Wildman–Crippen LogP) is 1.42. The molecule has 6 heteroatoms. The van der Waals surface area contributed by atoms with Crippen LogP contribution in [0.25, 0.3) is 0 Å². The number of rotatable bonds is 4. The minimum atomic E-state index is -0.295. The maximum atomic E-state index is 12.3. The number of benzene rings is 1. The molecule has 3 rings (SSSR count). The van der Waals surface area contributed by atoms with Crippen LogP contribution in [0.2, 0.25) is 0 Å². The lowest BCUT2D eigenvalue weighted by Gasteiger charge is -2.25. The molecule has 1 aliphatic heterocycles. The van der Waals surface area contributed by atoms with E-state index in [4.69, 9.17) is 0 Å². The largest absolute Gasteiger partial charge is 0.508 e. The first-order chi connectivity index (χ1) is 11.5. The molecule has 1 fully saturated rings. The molecule has 24 heavy (non-hydrogen) atoms.